The van der Waals surface area contributed by atoms with Gasteiger partial charge >= 0.3 is 0 Å². The minimum atomic E-state index is -0.184. The predicted octanol–water partition coefficient (Wildman–Crippen LogP) is 2.34. The molecule has 0 aliphatic heterocycles. The van der Waals surface area contributed by atoms with Crippen LogP contribution in [0.4, 0.5) is 0 Å². The summed E-state index contributed by atoms with van der Waals surface area (Å²) in [6.45, 7) is 7.10. The lowest BCUT2D eigenvalue weighted by Gasteiger charge is -2.20. The molecule has 0 aliphatic carbocycles. The number of hydrogen-bond acceptors (Lipinski definition) is 3. The van der Waals surface area contributed by atoms with Crippen molar-refractivity contribution in [1.82, 2.24) is 14.5 Å². The highest BCUT2D eigenvalue weighted by atomic mass is 16.2. The van der Waals surface area contributed by atoms with Crippen LogP contribution in [0.5, 0.6) is 0 Å². The molecule has 0 saturated carbocycles. The number of hydrogen-bond donors (Lipinski definition) is 0. The van der Waals surface area contributed by atoms with Gasteiger partial charge in [-0.05, 0) is 20.3 Å². The van der Waals surface area contributed by atoms with Crippen LogP contribution >= 0.6 is 0 Å². The molecule has 0 spiro atoms. The Labute approximate surface area is 136 Å². The molecule has 1 aromatic carbocycles. The average molecular weight is 313 g/mol. The molecular weight excluding hydrogens is 290 g/mol. The number of nitrogens with zero attached hydrogens (tertiary/aromatic N) is 3. The van der Waals surface area contributed by atoms with E-state index in [9.17, 15) is 9.59 Å². The molecule has 0 radical (unpaired) electrons. The fraction of sp³-hybridized carbons (Fsp3) is 0.389. The van der Waals surface area contributed by atoms with Crippen molar-refractivity contribution >= 4 is 5.91 Å². The number of likely N-dealkylation sites (N-methyl/N-ethyl adjacent to an activating group) is 1. The minimum Gasteiger partial charge on any atom is -0.342 e. The van der Waals surface area contributed by atoms with Gasteiger partial charge in [0.1, 0.15) is 12.4 Å². The third kappa shape index (κ3) is 3.86. The lowest BCUT2D eigenvalue weighted by molar-refractivity contribution is -0.131. The standard InChI is InChI=1S/C18H23N3O2/c1-4-15-12-16(22)21(13-17(23)20(5-2)6-3)18(19-15)14-10-8-7-9-11-14/h7-12H,4-6,13H2,1-3H3. The van der Waals surface area contributed by atoms with Crippen molar-refractivity contribution in [2.75, 3.05) is 13.1 Å². The van der Waals surface area contributed by atoms with Crippen LogP contribution in [0.3, 0.4) is 0 Å². The Balaban J connectivity index is 2.50. The molecule has 2 aromatic rings. The lowest BCUT2D eigenvalue weighted by atomic mass is 10.2. The van der Waals surface area contributed by atoms with E-state index in [1.807, 2.05) is 51.1 Å². The van der Waals surface area contributed by atoms with Gasteiger partial charge in [-0.2, -0.15) is 0 Å². The zero-order chi connectivity index (χ0) is 16.8. The first-order valence-corrected chi connectivity index (χ1v) is 8.04. The highest BCUT2D eigenvalue weighted by molar-refractivity contribution is 5.76. The molecule has 1 heterocycles. The third-order valence-electron chi connectivity index (χ3n) is 3.87. The van der Waals surface area contributed by atoms with E-state index in [1.54, 1.807) is 4.90 Å². The molecule has 5 heteroatoms. The van der Waals surface area contributed by atoms with Crippen LogP contribution in [0.2, 0.25) is 0 Å². The maximum absolute atomic E-state index is 12.5. The van der Waals surface area contributed by atoms with Crippen LogP contribution < -0.4 is 5.56 Å². The smallest absolute Gasteiger partial charge is 0.254 e. The van der Waals surface area contributed by atoms with Crippen molar-refractivity contribution in [2.45, 2.75) is 33.7 Å². The van der Waals surface area contributed by atoms with E-state index < -0.39 is 0 Å². The van der Waals surface area contributed by atoms with Crippen molar-refractivity contribution < 1.29 is 4.79 Å². The highest BCUT2D eigenvalue weighted by Crippen LogP contribution is 2.16. The number of carbonyl (C=O) groups is 1. The van der Waals surface area contributed by atoms with Crippen LogP contribution in [0.15, 0.2) is 41.2 Å². The van der Waals surface area contributed by atoms with Crippen LogP contribution in [0.1, 0.15) is 26.5 Å². The quantitative estimate of drug-likeness (QED) is 0.822. The van der Waals surface area contributed by atoms with Crippen LogP contribution in [-0.4, -0.2) is 33.4 Å². The molecule has 23 heavy (non-hydrogen) atoms. The van der Waals surface area contributed by atoms with E-state index >= 15 is 0 Å². The molecule has 122 valence electrons. The Morgan fingerprint density at radius 1 is 1.13 bits per heavy atom. The molecule has 1 amide bonds. The van der Waals surface area contributed by atoms with Gasteiger partial charge < -0.3 is 4.90 Å². The van der Waals surface area contributed by atoms with E-state index in [0.717, 1.165) is 11.3 Å². The summed E-state index contributed by atoms with van der Waals surface area (Å²) in [5.74, 6) is 0.482. The second kappa shape index (κ2) is 7.72. The fourth-order valence-electron chi connectivity index (χ4n) is 2.51. The first-order chi connectivity index (χ1) is 11.1. The predicted molar refractivity (Wildman–Crippen MR) is 91.2 cm³/mol. The molecule has 0 aliphatic rings. The molecule has 0 N–H and O–H groups in total. The number of aromatic nitrogens is 2. The Morgan fingerprint density at radius 2 is 1.78 bits per heavy atom. The summed E-state index contributed by atoms with van der Waals surface area (Å²) in [6.07, 6.45) is 0.680. The van der Waals surface area contributed by atoms with Gasteiger partial charge in [0, 0.05) is 30.4 Å². The summed E-state index contributed by atoms with van der Waals surface area (Å²) in [5.41, 5.74) is 1.39. The number of amides is 1. The van der Waals surface area contributed by atoms with Crippen LogP contribution in [0.25, 0.3) is 11.4 Å². The van der Waals surface area contributed by atoms with Crippen molar-refractivity contribution in [3.05, 3.63) is 52.4 Å². The normalized spacial score (nSPS) is 10.6. The largest absolute Gasteiger partial charge is 0.342 e. The summed E-state index contributed by atoms with van der Waals surface area (Å²) in [4.78, 5) is 31.2. The van der Waals surface area contributed by atoms with Gasteiger partial charge in [0.25, 0.3) is 5.56 Å². The van der Waals surface area contributed by atoms with Gasteiger partial charge in [-0.15, -0.1) is 0 Å². The number of rotatable bonds is 6. The first-order valence-electron chi connectivity index (χ1n) is 8.04. The summed E-state index contributed by atoms with van der Waals surface area (Å²) in [5, 5.41) is 0. The summed E-state index contributed by atoms with van der Waals surface area (Å²) < 4.78 is 1.47. The second-order valence-electron chi connectivity index (χ2n) is 5.28. The van der Waals surface area contributed by atoms with Gasteiger partial charge in [-0.25, -0.2) is 4.98 Å². The van der Waals surface area contributed by atoms with E-state index in [4.69, 9.17) is 0 Å². The molecule has 0 unspecified atom stereocenters. The van der Waals surface area contributed by atoms with Crippen molar-refractivity contribution in [3.8, 4) is 11.4 Å². The Kier molecular flexibility index (Phi) is 5.68. The van der Waals surface area contributed by atoms with E-state index in [1.165, 1.54) is 10.6 Å². The number of aryl methyl sites for hydroxylation is 1. The van der Waals surface area contributed by atoms with Crippen LogP contribution in [0, 0.1) is 0 Å². The zero-order valence-electron chi connectivity index (χ0n) is 14.0. The second-order valence-corrected chi connectivity index (χ2v) is 5.28. The van der Waals surface area contributed by atoms with Gasteiger partial charge in [-0.1, -0.05) is 37.3 Å². The number of carbonyl (C=O) groups excluding carboxylic acids is 1. The van der Waals surface area contributed by atoms with Crippen molar-refractivity contribution in [2.24, 2.45) is 0 Å². The molecule has 2 rings (SSSR count). The fourth-order valence-corrected chi connectivity index (χ4v) is 2.51. The molecule has 0 fully saturated rings. The molecule has 1 aromatic heterocycles. The van der Waals surface area contributed by atoms with Gasteiger partial charge in [0.15, 0.2) is 0 Å². The summed E-state index contributed by atoms with van der Waals surface area (Å²) >= 11 is 0. The lowest BCUT2D eigenvalue weighted by Crippen LogP contribution is -2.37. The molecule has 0 saturated heterocycles. The average Bonchev–Trinajstić information content (AvgIpc) is 2.58. The Bertz CT molecular complexity index is 719. The summed E-state index contributed by atoms with van der Waals surface area (Å²) in [6, 6.07) is 11.0. The van der Waals surface area contributed by atoms with Gasteiger partial charge in [0.05, 0.1) is 0 Å². The minimum absolute atomic E-state index is 0.0156. The van der Waals surface area contributed by atoms with Crippen molar-refractivity contribution in [1.29, 1.82) is 0 Å². The Hall–Kier alpha value is -2.43. The topological polar surface area (TPSA) is 55.2 Å². The highest BCUT2D eigenvalue weighted by Gasteiger charge is 2.16. The molecular formula is C18H23N3O2. The van der Waals surface area contributed by atoms with E-state index in [2.05, 4.69) is 4.98 Å². The molecule has 0 bridgehead atoms. The van der Waals surface area contributed by atoms with Gasteiger partial charge in [-0.3, -0.25) is 14.2 Å². The maximum atomic E-state index is 12.5. The maximum Gasteiger partial charge on any atom is 0.254 e. The van der Waals surface area contributed by atoms with Crippen LogP contribution in [-0.2, 0) is 17.8 Å². The van der Waals surface area contributed by atoms with Gasteiger partial charge in [0.2, 0.25) is 5.91 Å². The molecule has 0 atom stereocenters. The van der Waals surface area contributed by atoms with E-state index in [-0.39, 0.29) is 18.0 Å². The van der Waals surface area contributed by atoms with Crippen molar-refractivity contribution in [3.63, 3.8) is 0 Å². The first kappa shape index (κ1) is 16.9. The van der Waals surface area contributed by atoms with E-state index in [0.29, 0.717) is 25.3 Å². The zero-order valence-corrected chi connectivity index (χ0v) is 14.0. The number of benzene rings is 1. The third-order valence-corrected chi connectivity index (χ3v) is 3.87. The monoisotopic (exact) mass is 313 g/mol. The SMILES string of the molecule is CCc1cc(=O)n(CC(=O)N(CC)CC)c(-c2ccccc2)n1. The Morgan fingerprint density at radius 3 is 2.35 bits per heavy atom. The molecule has 5 nitrogen and oxygen atoms in total. The summed E-state index contributed by atoms with van der Waals surface area (Å²) in [7, 11) is 0.